The molecular weight excluding hydrogens is 378 g/mol. The summed E-state index contributed by atoms with van der Waals surface area (Å²) in [5.41, 5.74) is 2.07. The maximum absolute atomic E-state index is 12.2. The second-order valence-corrected chi connectivity index (χ2v) is 6.90. The number of amidine groups is 1. The first kappa shape index (κ1) is 19.5. The van der Waals surface area contributed by atoms with E-state index >= 15 is 0 Å². The Morgan fingerprint density at radius 2 is 2.04 bits per heavy atom. The topological polar surface area (TPSA) is 100 Å². The van der Waals surface area contributed by atoms with E-state index in [0.29, 0.717) is 33.8 Å². The van der Waals surface area contributed by atoms with Crippen LogP contribution in [0.5, 0.6) is 11.5 Å². The highest BCUT2D eigenvalue weighted by Crippen LogP contribution is 2.31. The molecule has 0 saturated carbocycles. The monoisotopic (exact) mass is 397 g/mol. The molecule has 3 rings (SSSR count). The number of anilines is 1. The van der Waals surface area contributed by atoms with E-state index in [-0.39, 0.29) is 17.6 Å². The Balaban J connectivity index is 1.76. The van der Waals surface area contributed by atoms with Gasteiger partial charge in [0, 0.05) is 12.6 Å². The van der Waals surface area contributed by atoms with Crippen LogP contribution in [0.25, 0.3) is 6.08 Å². The van der Waals surface area contributed by atoms with Crippen LogP contribution in [0.2, 0.25) is 0 Å². The number of phenols is 1. The summed E-state index contributed by atoms with van der Waals surface area (Å²) >= 11 is 1.22. The van der Waals surface area contributed by atoms with Crippen molar-refractivity contribution in [3.05, 3.63) is 52.9 Å². The standard InChI is InChI=1S/C20H19N3O4S/c1-3-27-17-10-13(4-9-16(17)25)11-18-19(26)23-20(28-18)22-15-7-5-14(6-8-15)21-12(2)24/h4-11,25H,3H2,1-2H3,(H,21,24)(H,22,23,26)/b18-11-. The number of amides is 2. The molecule has 1 fully saturated rings. The lowest BCUT2D eigenvalue weighted by Gasteiger charge is -2.06. The number of ether oxygens (including phenoxy) is 1. The second kappa shape index (κ2) is 8.62. The second-order valence-electron chi connectivity index (χ2n) is 5.87. The van der Waals surface area contributed by atoms with E-state index in [1.165, 1.54) is 24.8 Å². The summed E-state index contributed by atoms with van der Waals surface area (Å²) in [5, 5.41) is 15.7. The third kappa shape index (κ3) is 4.92. The van der Waals surface area contributed by atoms with Crippen LogP contribution in [-0.4, -0.2) is 28.7 Å². The molecule has 2 aromatic rings. The molecule has 1 aliphatic heterocycles. The van der Waals surface area contributed by atoms with Crippen LogP contribution in [-0.2, 0) is 9.59 Å². The number of thioether (sulfide) groups is 1. The van der Waals surface area contributed by atoms with E-state index in [4.69, 9.17) is 4.74 Å². The molecule has 28 heavy (non-hydrogen) atoms. The maximum atomic E-state index is 12.2. The minimum atomic E-state index is -0.246. The van der Waals surface area contributed by atoms with Gasteiger partial charge in [0.1, 0.15) is 0 Å². The van der Waals surface area contributed by atoms with Crippen molar-refractivity contribution >= 4 is 46.2 Å². The molecule has 0 spiro atoms. The highest BCUT2D eigenvalue weighted by atomic mass is 32.2. The number of aliphatic imine (C=N–C) groups is 1. The Kier molecular flexibility index (Phi) is 6.00. The fraction of sp³-hybridized carbons (Fsp3) is 0.150. The van der Waals surface area contributed by atoms with E-state index < -0.39 is 0 Å². The van der Waals surface area contributed by atoms with Gasteiger partial charge in [-0.2, -0.15) is 0 Å². The first-order chi connectivity index (χ1) is 13.4. The molecule has 1 saturated heterocycles. The average molecular weight is 397 g/mol. The molecule has 1 aliphatic rings. The summed E-state index contributed by atoms with van der Waals surface area (Å²) in [4.78, 5) is 28.2. The zero-order valence-corrected chi connectivity index (χ0v) is 16.2. The van der Waals surface area contributed by atoms with Gasteiger partial charge in [0.2, 0.25) is 5.91 Å². The maximum Gasteiger partial charge on any atom is 0.264 e. The first-order valence-electron chi connectivity index (χ1n) is 8.57. The Labute approximate surface area is 166 Å². The minimum absolute atomic E-state index is 0.0532. The van der Waals surface area contributed by atoms with Crippen molar-refractivity contribution < 1.29 is 19.4 Å². The molecule has 0 bridgehead atoms. The minimum Gasteiger partial charge on any atom is -0.504 e. The number of carbonyl (C=O) groups is 2. The van der Waals surface area contributed by atoms with Crippen molar-refractivity contribution in [2.24, 2.45) is 4.99 Å². The predicted octanol–water partition coefficient (Wildman–Crippen LogP) is 3.64. The summed E-state index contributed by atoms with van der Waals surface area (Å²) in [6.07, 6.45) is 1.71. The molecule has 0 atom stereocenters. The summed E-state index contributed by atoms with van der Waals surface area (Å²) in [7, 11) is 0. The molecule has 0 radical (unpaired) electrons. The van der Waals surface area contributed by atoms with Crippen molar-refractivity contribution in [2.75, 3.05) is 11.9 Å². The third-order valence-electron chi connectivity index (χ3n) is 3.65. The molecule has 0 aromatic heterocycles. The highest BCUT2D eigenvalue weighted by Gasteiger charge is 2.24. The predicted molar refractivity (Wildman–Crippen MR) is 111 cm³/mol. The number of phenolic OH excluding ortho intramolecular Hbond substituents is 1. The fourth-order valence-electron chi connectivity index (χ4n) is 2.46. The highest BCUT2D eigenvalue weighted by molar-refractivity contribution is 8.18. The molecule has 2 amide bonds. The van der Waals surface area contributed by atoms with Crippen molar-refractivity contribution in [1.82, 2.24) is 5.32 Å². The number of carbonyl (C=O) groups excluding carboxylic acids is 2. The van der Waals surface area contributed by atoms with Gasteiger partial charge in [0.05, 0.1) is 17.2 Å². The number of hydrogen-bond acceptors (Lipinski definition) is 6. The van der Waals surface area contributed by atoms with Crippen LogP contribution < -0.4 is 15.4 Å². The van der Waals surface area contributed by atoms with Crippen molar-refractivity contribution in [2.45, 2.75) is 13.8 Å². The number of benzene rings is 2. The van der Waals surface area contributed by atoms with Crippen LogP contribution in [0, 0.1) is 0 Å². The fourth-order valence-corrected chi connectivity index (χ4v) is 3.31. The Morgan fingerprint density at radius 3 is 2.71 bits per heavy atom. The van der Waals surface area contributed by atoms with E-state index in [0.717, 1.165) is 5.56 Å². The first-order valence-corrected chi connectivity index (χ1v) is 9.39. The molecule has 3 N–H and O–H groups in total. The molecule has 1 heterocycles. The molecular formula is C20H19N3O4S. The Hall–Kier alpha value is -3.26. The van der Waals surface area contributed by atoms with E-state index in [1.807, 2.05) is 6.92 Å². The lowest BCUT2D eigenvalue weighted by atomic mass is 10.2. The Bertz CT molecular complexity index is 968. The van der Waals surface area contributed by atoms with Gasteiger partial charge in [-0.15, -0.1) is 0 Å². The SMILES string of the molecule is CCOc1cc(/C=C2\SC(=Nc3ccc(NC(C)=O)cc3)NC2=O)ccc1O. The van der Waals surface area contributed by atoms with Crippen molar-refractivity contribution in [3.63, 3.8) is 0 Å². The molecule has 0 unspecified atom stereocenters. The van der Waals surface area contributed by atoms with E-state index in [9.17, 15) is 14.7 Å². The molecule has 2 aromatic carbocycles. The van der Waals surface area contributed by atoms with Gasteiger partial charge in [0.25, 0.3) is 5.91 Å². The van der Waals surface area contributed by atoms with E-state index in [1.54, 1.807) is 42.5 Å². The third-order valence-corrected chi connectivity index (χ3v) is 4.56. The van der Waals surface area contributed by atoms with Gasteiger partial charge in [-0.05, 0) is 66.7 Å². The van der Waals surface area contributed by atoms with Gasteiger partial charge in [0.15, 0.2) is 16.7 Å². The molecule has 8 heteroatoms. The summed E-state index contributed by atoms with van der Waals surface area (Å²) in [5.74, 6) is 0.0322. The largest absolute Gasteiger partial charge is 0.504 e. The number of nitrogens with one attached hydrogen (secondary N) is 2. The number of aromatic hydroxyl groups is 1. The van der Waals surface area contributed by atoms with Crippen molar-refractivity contribution in [1.29, 1.82) is 0 Å². The van der Waals surface area contributed by atoms with Crippen LogP contribution in [0.3, 0.4) is 0 Å². The van der Waals surface area contributed by atoms with Crippen LogP contribution >= 0.6 is 11.8 Å². The summed E-state index contributed by atoms with van der Waals surface area (Å²) in [6.45, 7) is 3.70. The number of rotatable bonds is 5. The van der Waals surface area contributed by atoms with Gasteiger partial charge < -0.3 is 20.5 Å². The summed E-state index contributed by atoms with van der Waals surface area (Å²) < 4.78 is 5.37. The van der Waals surface area contributed by atoms with E-state index in [2.05, 4.69) is 15.6 Å². The smallest absolute Gasteiger partial charge is 0.264 e. The van der Waals surface area contributed by atoms with Gasteiger partial charge >= 0.3 is 0 Å². The van der Waals surface area contributed by atoms with Gasteiger partial charge in [-0.3, -0.25) is 9.59 Å². The quantitative estimate of drug-likeness (QED) is 0.669. The van der Waals surface area contributed by atoms with Crippen molar-refractivity contribution in [3.8, 4) is 11.5 Å². The van der Waals surface area contributed by atoms with Crippen LogP contribution in [0.4, 0.5) is 11.4 Å². The van der Waals surface area contributed by atoms with Crippen LogP contribution in [0.15, 0.2) is 52.4 Å². The normalized spacial score (nSPS) is 16.3. The number of nitrogens with zero attached hydrogens (tertiary/aromatic N) is 1. The summed E-state index contributed by atoms with van der Waals surface area (Å²) in [6, 6.07) is 11.9. The lowest BCUT2D eigenvalue weighted by Crippen LogP contribution is -2.19. The molecule has 7 nitrogen and oxygen atoms in total. The van der Waals surface area contributed by atoms with Gasteiger partial charge in [-0.25, -0.2) is 4.99 Å². The lowest BCUT2D eigenvalue weighted by molar-refractivity contribution is -0.115. The Morgan fingerprint density at radius 1 is 1.29 bits per heavy atom. The zero-order chi connectivity index (χ0) is 20.1. The average Bonchev–Trinajstić information content (AvgIpc) is 2.98. The van der Waals surface area contributed by atoms with Gasteiger partial charge in [-0.1, -0.05) is 6.07 Å². The van der Waals surface area contributed by atoms with Crippen LogP contribution in [0.1, 0.15) is 19.4 Å². The molecule has 0 aliphatic carbocycles. The number of hydrogen-bond donors (Lipinski definition) is 3. The zero-order valence-electron chi connectivity index (χ0n) is 15.4. The molecule has 144 valence electrons.